The van der Waals surface area contributed by atoms with E-state index >= 15 is 0 Å². The van der Waals surface area contributed by atoms with Crippen molar-refractivity contribution in [2.45, 2.75) is 17.7 Å². The summed E-state index contributed by atoms with van der Waals surface area (Å²) in [5, 5.41) is 10.8. The average Bonchev–Trinajstić information content (AvgIpc) is 2.83. The highest BCUT2D eigenvalue weighted by molar-refractivity contribution is 7.89. The van der Waals surface area contributed by atoms with Crippen LogP contribution in [0, 0.1) is 10.1 Å². The Hall–Kier alpha value is -1.47. The van der Waals surface area contributed by atoms with Gasteiger partial charge in [-0.15, -0.1) is 0 Å². The molecule has 0 aromatic heterocycles. The summed E-state index contributed by atoms with van der Waals surface area (Å²) < 4.78 is 25.7. The Morgan fingerprint density at radius 1 is 1.18 bits per heavy atom. The van der Waals surface area contributed by atoms with Crippen LogP contribution in [0.25, 0.3) is 0 Å². The van der Waals surface area contributed by atoms with Crippen LogP contribution in [0.1, 0.15) is 12.8 Å². The predicted octanol–water partition coefficient (Wildman–Crippen LogP) is 1.38. The number of benzene rings is 1. The van der Waals surface area contributed by atoms with E-state index < -0.39 is 14.9 Å². The van der Waals surface area contributed by atoms with E-state index in [0.717, 1.165) is 12.8 Å². The van der Waals surface area contributed by atoms with Crippen molar-refractivity contribution in [3.8, 4) is 0 Å². The summed E-state index contributed by atoms with van der Waals surface area (Å²) in [7, 11) is -3.72. The molecule has 1 aliphatic rings. The highest BCUT2D eigenvalue weighted by atomic mass is 32.2. The fraction of sp³-hybridized carbons (Fsp3) is 0.400. The molecule has 0 amide bonds. The fourth-order valence-corrected chi connectivity index (χ4v) is 3.57. The van der Waals surface area contributed by atoms with Gasteiger partial charge in [-0.1, -0.05) is 12.1 Å². The molecule has 0 radical (unpaired) electrons. The van der Waals surface area contributed by atoms with Gasteiger partial charge in [-0.25, -0.2) is 8.42 Å². The van der Waals surface area contributed by atoms with Crippen molar-refractivity contribution < 1.29 is 13.3 Å². The van der Waals surface area contributed by atoms with Crippen molar-refractivity contribution >= 4 is 15.7 Å². The summed E-state index contributed by atoms with van der Waals surface area (Å²) in [5.74, 6) is 0. The molecule has 1 saturated heterocycles. The zero-order chi connectivity index (χ0) is 12.5. The number of para-hydroxylation sites is 1. The minimum absolute atomic E-state index is 0.216. The Morgan fingerprint density at radius 3 is 2.35 bits per heavy atom. The number of nitro groups is 1. The predicted molar refractivity (Wildman–Crippen MR) is 61.1 cm³/mol. The molecule has 0 spiro atoms. The van der Waals surface area contributed by atoms with Gasteiger partial charge in [0.15, 0.2) is 4.90 Å². The van der Waals surface area contributed by atoms with Gasteiger partial charge in [0.2, 0.25) is 10.0 Å². The van der Waals surface area contributed by atoms with E-state index in [1.807, 2.05) is 0 Å². The molecule has 0 N–H and O–H groups in total. The maximum atomic E-state index is 12.2. The van der Waals surface area contributed by atoms with Gasteiger partial charge in [-0.2, -0.15) is 4.31 Å². The van der Waals surface area contributed by atoms with Crippen LogP contribution < -0.4 is 0 Å². The lowest BCUT2D eigenvalue weighted by Crippen LogP contribution is -2.28. The van der Waals surface area contributed by atoms with E-state index in [-0.39, 0.29) is 10.6 Å². The Labute approximate surface area is 99.1 Å². The molecule has 92 valence electrons. The summed E-state index contributed by atoms with van der Waals surface area (Å²) in [6.07, 6.45) is 1.61. The maximum absolute atomic E-state index is 12.2. The van der Waals surface area contributed by atoms with Crippen molar-refractivity contribution in [1.82, 2.24) is 4.31 Å². The zero-order valence-corrected chi connectivity index (χ0v) is 9.89. The van der Waals surface area contributed by atoms with Crippen molar-refractivity contribution in [1.29, 1.82) is 0 Å². The lowest BCUT2D eigenvalue weighted by atomic mass is 10.3. The van der Waals surface area contributed by atoms with E-state index in [0.29, 0.717) is 13.1 Å². The Morgan fingerprint density at radius 2 is 1.76 bits per heavy atom. The molecule has 1 aromatic rings. The monoisotopic (exact) mass is 256 g/mol. The second-order valence-electron chi connectivity index (χ2n) is 3.84. The first-order valence-corrected chi connectivity index (χ1v) is 6.71. The number of hydrogen-bond acceptors (Lipinski definition) is 4. The van der Waals surface area contributed by atoms with E-state index in [2.05, 4.69) is 0 Å². The molecule has 1 aliphatic heterocycles. The molecule has 7 heteroatoms. The first kappa shape index (κ1) is 12.0. The highest BCUT2D eigenvalue weighted by Crippen LogP contribution is 2.28. The summed E-state index contributed by atoms with van der Waals surface area (Å²) in [5.41, 5.74) is -0.362. The standard InChI is InChI=1S/C10H12N2O4S/c13-12(14)9-5-1-2-6-10(9)17(15,16)11-7-3-4-8-11/h1-2,5-6H,3-4,7-8H2. The third-order valence-corrected chi connectivity index (χ3v) is 4.69. The van der Waals surface area contributed by atoms with Crippen LogP contribution in [0.3, 0.4) is 0 Å². The number of sulfonamides is 1. The second kappa shape index (κ2) is 4.42. The Bertz CT molecular complexity index is 535. The lowest BCUT2D eigenvalue weighted by Gasteiger charge is -2.15. The molecule has 17 heavy (non-hydrogen) atoms. The molecular weight excluding hydrogens is 244 g/mol. The van der Waals surface area contributed by atoms with Crippen LogP contribution in [0.5, 0.6) is 0 Å². The van der Waals surface area contributed by atoms with Crippen molar-refractivity contribution in [2.24, 2.45) is 0 Å². The summed E-state index contributed by atoms with van der Waals surface area (Å²) >= 11 is 0. The number of nitrogens with zero attached hydrogens (tertiary/aromatic N) is 2. The largest absolute Gasteiger partial charge is 0.289 e. The summed E-state index contributed by atoms with van der Waals surface area (Å²) in [6.45, 7) is 0.878. The molecule has 0 aliphatic carbocycles. The van der Waals surface area contributed by atoms with Gasteiger partial charge in [-0.05, 0) is 18.9 Å². The van der Waals surface area contributed by atoms with Gasteiger partial charge < -0.3 is 0 Å². The molecule has 1 heterocycles. The topological polar surface area (TPSA) is 80.5 Å². The van der Waals surface area contributed by atoms with Gasteiger partial charge in [0.05, 0.1) is 4.92 Å². The number of hydrogen-bond donors (Lipinski definition) is 0. The molecule has 0 atom stereocenters. The van der Waals surface area contributed by atoms with Gasteiger partial charge >= 0.3 is 0 Å². The number of nitro benzene ring substituents is 1. The highest BCUT2D eigenvalue weighted by Gasteiger charge is 2.32. The van der Waals surface area contributed by atoms with Crippen LogP contribution in [0.4, 0.5) is 5.69 Å². The van der Waals surface area contributed by atoms with E-state index in [9.17, 15) is 18.5 Å². The molecule has 0 bridgehead atoms. The van der Waals surface area contributed by atoms with Gasteiger partial charge in [0.1, 0.15) is 0 Å². The number of rotatable bonds is 3. The normalized spacial score (nSPS) is 17.2. The van der Waals surface area contributed by atoms with E-state index in [1.54, 1.807) is 0 Å². The second-order valence-corrected chi connectivity index (χ2v) is 5.74. The Kier molecular flexibility index (Phi) is 3.12. The fourth-order valence-electron chi connectivity index (χ4n) is 1.89. The van der Waals surface area contributed by atoms with Crippen molar-refractivity contribution in [3.63, 3.8) is 0 Å². The zero-order valence-electron chi connectivity index (χ0n) is 9.07. The SMILES string of the molecule is O=[N+]([O-])c1ccccc1S(=O)(=O)N1CCCC1. The molecule has 6 nitrogen and oxygen atoms in total. The minimum Gasteiger partial charge on any atom is -0.258 e. The quantitative estimate of drug-likeness (QED) is 0.604. The van der Waals surface area contributed by atoms with E-state index in [1.165, 1.54) is 28.6 Å². The van der Waals surface area contributed by atoms with Crippen molar-refractivity contribution in [2.75, 3.05) is 13.1 Å². The van der Waals surface area contributed by atoms with Crippen LogP contribution in [0.15, 0.2) is 29.2 Å². The van der Waals surface area contributed by atoms with Crippen LogP contribution in [-0.2, 0) is 10.0 Å². The molecular formula is C10H12N2O4S. The lowest BCUT2D eigenvalue weighted by molar-refractivity contribution is -0.387. The molecule has 0 unspecified atom stereocenters. The Balaban J connectivity index is 2.49. The third-order valence-electron chi connectivity index (χ3n) is 2.74. The van der Waals surface area contributed by atoms with Crippen molar-refractivity contribution in [3.05, 3.63) is 34.4 Å². The van der Waals surface area contributed by atoms with Gasteiger partial charge in [-0.3, -0.25) is 10.1 Å². The van der Waals surface area contributed by atoms with Crippen LogP contribution in [-0.4, -0.2) is 30.7 Å². The molecule has 1 fully saturated rings. The first-order valence-electron chi connectivity index (χ1n) is 5.27. The first-order chi connectivity index (χ1) is 8.03. The van der Waals surface area contributed by atoms with Gasteiger partial charge in [0.25, 0.3) is 5.69 Å². The average molecular weight is 256 g/mol. The maximum Gasteiger partial charge on any atom is 0.289 e. The molecule has 2 rings (SSSR count). The smallest absolute Gasteiger partial charge is 0.258 e. The summed E-state index contributed by atoms with van der Waals surface area (Å²) in [6, 6.07) is 5.45. The third kappa shape index (κ3) is 2.16. The van der Waals surface area contributed by atoms with E-state index in [4.69, 9.17) is 0 Å². The van der Waals surface area contributed by atoms with Gasteiger partial charge in [0, 0.05) is 19.2 Å². The molecule has 1 aromatic carbocycles. The minimum atomic E-state index is -3.72. The molecule has 0 saturated carbocycles. The van der Waals surface area contributed by atoms with Crippen LogP contribution >= 0.6 is 0 Å². The van der Waals surface area contributed by atoms with Crippen LogP contribution in [0.2, 0.25) is 0 Å². The summed E-state index contributed by atoms with van der Waals surface area (Å²) in [4.78, 5) is 9.93.